The van der Waals surface area contributed by atoms with Crippen molar-refractivity contribution >= 4 is 61.3 Å². The van der Waals surface area contributed by atoms with E-state index in [0.29, 0.717) is 5.56 Å². The Morgan fingerprint density at radius 2 is 1.44 bits per heavy atom. The van der Waals surface area contributed by atoms with E-state index in [0.717, 1.165) is 10.8 Å². The summed E-state index contributed by atoms with van der Waals surface area (Å²) in [5.41, 5.74) is 6.75. The van der Waals surface area contributed by atoms with E-state index in [1.807, 2.05) is 24.3 Å². The van der Waals surface area contributed by atoms with E-state index in [2.05, 4.69) is 10.0 Å². The van der Waals surface area contributed by atoms with E-state index >= 15 is 0 Å². The lowest BCUT2D eigenvalue weighted by Gasteiger charge is -2.15. The second-order valence-electron chi connectivity index (χ2n) is 7.76. The van der Waals surface area contributed by atoms with Crippen molar-refractivity contribution in [2.75, 3.05) is 17.1 Å². The molecule has 4 N–H and O–H groups in total. The maximum absolute atomic E-state index is 13.2. The van der Waals surface area contributed by atoms with Crippen molar-refractivity contribution in [3.8, 4) is 0 Å². The summed E-state index contributed by atoms with van der Waals surface area (Å²) in [4.78, 5) is 25.2. The number of benzene rings is 4. The van der Waals surface area contributed by atoms with Crippen LogP contribution < -0.4 is 15.8 Å². The minimum absolute atomic E-state index is 0.0452. The molecule has 4 rings (SSSR count). The first-order valence-corrected chi connectivity index (χ1v) is 12.5. The molecule has 0 saturated heterocycles. The summed E-state index contributed by atoms with van der Waals surface area (Å²) in [6.07, 6.45) is 0. The van der Waals surface area contributed by atoms with Gasteiger partial charge in [-0.05, 0) is 53.2 Å². The molecule has 0 radical (unpaired) electrons. The molecule has 8 nitrogen and oxygen atoms in total. The van der Waals surface area contributed by atoms with Crippen molar-refractivity contribution < 1.29 is 22.7 Å². The number of hydrogen-bond acceptors (Lipinski definition) is 6. The summed E-state index contributed by atoms with van der Waals surface area (Å²) in [6, 6.07) is 22.5. The quantitative estimate of drug-likeness (QED) is 0.245. The number of anilines is 2. The summed E-state index contributed by atoms with van der Waals surface area (Å²) in [5.74, 6) is -1.17. The molecule has 0 bridgehead atoms. The third-order valence-corrected chi connectivity index (χ3v) is 6.99. The zero-order chi connectivity index (χ0) is 25.9. The van der Waals surface area contributed by atoms with Crippen LogP contribution in [-0.4, -0.2) is 32.4 Å². The fourth-order valence-electron chi connectivity index (χ4n) is 3.50. The number of ether oxygens (including phenoxy) is 1. The van der Waals surface area contributed by atoms with Crippen LogP contribution in [0.15, 0.2) is 89.8 Å². The van der Waals surface area contributed by atoms with E-state index in [1.54, 1.807) is 24.3 Å². The normalized spacial score (nSPS) is 11.0. The summed E-state index contributed by atoms with van der Waals surface area (Å²) < 4.78 is 33.6. The average Bonchev–Trinajstić information content (AvgIpc) is 2.88. The molecule has 4 aromatic carbocycles. The number of amides is 1. The maximum Gasteiger partial charge on any atom is 0.337 e. The number of fused-ring (bicyclic) bond motifs is 1. The summed E-state index contributed by atoms with van der Waals surface area (Å²) in [7, 11) is -2.80. The summed E-state index contributed by atoms with van der Waals surface area (Å²) in [5, 5.41) is 4.32. The van der Waals surface area contributed by atoms with E-state index in [-0.39, 0.29) is 32.4 Å². The standard InChI is InChI=1S/C26H21N3O5S2/c1-34-26(31)20-11-13-22(23(15-20)28-25(30)18-8-6-17(7-9-18)24(27)35)29-36(32,33)21-12-10-16-4-2-3-5-19(16)14-21/h2-15,29H,1H3,(H2,27,35)(H,28,30). The van der Waals surface area contributed by atoms with Gasteiger partial charge in [-0.2, -0.15) is 0 Å². The number of sulfonamides is 1. The van der Waals surface area contributed by atoms with Crippen LogP contribution in [0.5, 0.6) is 0 Å². The fourth-order valence-corrected chi connectivity index (χ4v) is 4.75. The Labute approximate surface area is 213 Å². The van der Waals surface area contributed by atoms with Gasteiger partial charge in [-0.3, -0.25) is 9.52 Å². The zero-order valence-electron chi connectivity index (χ0n) is 19.0. The Hall–Kier alpha value is -4.28. The highest BCUT2D eigenvalue weighted by Crippen LogP contribution is 2.28. The molecule has 0 spiro atoms. The highest BCUT2D eigenvalue weighted by Gasteiger charge is 2.20. The molecule has 36 heavy (non-hydrogen) atoms. The lowest BCUT2D eigenvalue weighted by Crippen LogP contribution is -2.18. The smallest absolute Gasteiger partial charge is 0.337 e. The average molecular weight is 520 g/mol. The van der Waals surface area contributed by atoms with Gasteiger partial charge in [-0.15, -0.1) is 0 Å². The SMILES string of the molecule is COC(=O)c1ccc(NS(=O)(=O)c2ccc3ccccc3c2)c(NC(=O)c2ccc(C(N)=S)cc2)c1. The van der Waals surface area contributed by atoms with Crippen molar-refractivity contribution in [1.29, 1.82) is 0 Å². The van der Waals surface area contributed by atoms with Crippen molar-refractivity contribution in [2.24, 2.45) is 5.73 Å². The molecule has 4 aromatic rings. The lowest BCUT2D eigenvalue weighted by molar-refractivity contribution is 0.0600. The van der Waals surface area contributed by atoms with Crippen molar-refractivity contribution in [3.63, 3.8) is 0 Å². The van der Waals surface area contributed by atoms with E-state index in [1.165, 1.54) is 43.5 Å². The lowest BCUT2D eigenvalue weighted by atomic mass is 10.1. The minimum Gasteiger partial charge on any atom is -0.465 e. The van der Waals surface area contributed by atoms with Gasteiger partial charge in [0.2, 0.25) is 0 Å². The molecule has 0 heterocycles. The third kappa shape index (κ3) is 5.35. The highest BCUT2D eigenvalue weighted by atomic mass is 32.2. The summed E-state index contributed by atoms with van der Waals surface area (Å²) in [6.45, 7) is 0. The number of methoxy groups -OCH3 is 1. The monoisotopic (exact) mass is 519 g/mol. The van der Waals surface area contributed by atoms with Crippen molar-refractivity contribution in [3.05, 3.63) is 102 Å². The van der Waals surface area contributed by atoms with Crippen LogP contribution >= 0.6 is 12.2 Å². The van der Waals surface area contributed by atoms with Gasteiger partial charge < -0.3 is 15.8 Å². The number of hydrogen-bond donors (Lipinski definition) is 3. The number of nitrogens with two attached hydrogens (primary N) is 1. The van der Waals surface area contributed by atoms with Gasteiger partial charge in [0.25, 0.3) is 15.9 Å². The van der Waals surface area contributed by atoms with E-state index in [4.69, 9.17) is 22.7 Å². The van der Waals surface area contributed by atoms with Crippen LogP contribution in [0.3, 0.4) is 0 Å². The molecule has 0 atom stereocenters. The largest absolute Gasteiger partial charge is 0.465 e. The Bertz CT molecular complexity index is 1600. The van der Waals surface area contributed by atoms with Gasteiger partial charge in [0, 0.05) is 11.1 Å². The number of esters is 1. The second kappa shape index (κ2) is 10.1. The van der Waals surface area contributed by atoms with Gasteiger partial charge in [0.05, 0.1) is 28.9 Å². The maximum atomic E-state index is 13.2. The predicted molar refractivity (Wildman–Crippen MR) is 143 cm³/mol. The number of rotatable bonds is 7. The molecule has 0 saturated carbocycles. The van der Waals surface area contributed by atoms with E-state index < -0.39 is 21.9 Å². The molecule has 0 aliphatic rings. The van der Waals surface area contributed by atoms with Gasteiger partial charge in [0.1, 0.15) is 4.99 Å². The first-order valence-electron chi connectivity index (χ1n) is 10.6. The van der Waals surface area contributed by atoms with Gasteiger partial charge >= 0.3 is 5.97 Å². The fraction of sp³-hybridized carbons (Fsp3) is 0.0385. The molecule has 1 amide bonds. The molecule has 0 aliphatic heterocycles. The number of carbonyl (C=O) groups excluding carboxylic acids is 2. The molecular formula is C26H21N3O5S2. The molecule has 10 heteroatoms. The van der Waals surface area contributed by atoms with E-state index in [9.17, 15) is 18.0 Å². The third-order valence-electron chi connectivity index (χ3n) is 5.40. The first-order chi connectivity index (χ1) is 17.2. The topological polar surface area (TPSA) is 128 Å². The molecular weight excluding hydrogens is 498 g/mol. The van der Waals surface area contributed by atoms with Gasteiger partial charge in [-0.25, -0.2) is 13.2 Å². The minimum atomic E-state index is -4.03. The zero-order valence-corrected chi connectivity index (χ0v) is 20.7. The van der Waals surface area contributed by atoms with Crippen LogP contribution in [-0.2, 0) is 14.8 Å². The Morgan fingerprint density at radius 1 is 0.806 bits per heavy atom. The van der Waals surface area contributed by atoms with Crippen LogP contribution in [0.1, 0.15) is 26.3 Å². The van der Waals surface area contributed by atoms with Crippen LogP contribution in [0, 0.1) is 0 Å². The van der Waals surface area contributed by atoms with Crippen molar-refractivity contribution in [2.45, 2.75) is 4.90 Å². The number of nitrogens with one attached hydrogen (secondary N) is 2. The molecule has 0 aliphatic carbocycles. The van der Waals surface area contributed by atoms with Crippen LogP contribution in [0.2, 0.25) is 0 Å². The predicted octanol–water partition coefficient (Wildman–Crippen LogP) is 4.31. The molecule has 182 valence electrons. The molecule has 0 fully saturated rings. The second-order valence-corrected chi connectivity index (χ2v) is 9.88. The number of thiocarbonyl (C=S) groups is 1. The van der Waals surface area contributed by atoms with Gasteiger partial charge in [0.15, 0.2) is 0 Å². The Balaban J connectivity index is 1.68. The Kier molecular flexibility index (Phi) is 7.00. The summed E-state index contributed by atoms with van der Waals surface area (Å²) >= 11 is 4.93. The van der Waals surface area contributed by atoms with Crippen LogP contribution in [0.4, 0.5) is 11.4 Å². The molecule has 0 unspecified atom stereocenters. The molecule has 0 aromatic heterocycles. The number of carbonyl (C=O) groups is 2. The highest BCUT2D eigenvalue weighted by molar-refractivity contribution is 7.92. The van der Waals surface area contributed by atoms with Crippen LogP contribution in [0.25, 0.3) is 10.8 Å². The first kappa shape index (κ1) is 24.8. The Morgan fingerprint density at radius 3 is 2.11 bits per heavy atom. The van der Waals surface area contributed by atoms with Crippen molar-refractivity contribution in [1.82, 2.24) is 0 Å². The van der Waals surface area contributed by atoms with Gasteiger partial charge in [-0.1, -0.05) is 54.7 Å².